The number of aryl methyl sites for hydroxylation is 1. The first-order valence-corrected chi connectivity index (χ1v) is 16.0. The van der Waals surface area contributed by atoms with E-state index in [4.69, 9.17) is 0 Å². The van der Waals surface area contributed by atoms with E-state index in [1.807, 2.05) is 6.92 Å². The number of nitrogens with one attached hydrogen (secondary N) is 2. The number of allylic oxidation sites excluding steroid dienone is 1. The van der Waals surface area contributed by atoms with Gasteiger partial charge in [-0.2, -0.15) is 18.4 Å². The van der Waals surface area contributed by atoms with Crippen molar-refractivity contribution in [2.24, 2.45) is 5.41 Å². The maximum Gasteiger partial charge on any atom is 0.393 e. The molecule has 1 aliphatic heterocycles. The molecule has 1 aromatic carbocycles. The molecule has 4 aromatic rings. The van der Waals surface area contributed by atoms with Gasteiger partial charge in [-0.3, -0.25) is 4.90 Å². The number of anilines is 1. The molecular formula is C33H36F3N7S. The summed E-state index contributed by atoms with van der Waals surface area (Å²) in [5, 5.41) is 18.8. The SMILES string of the molecule is C=C(C)NC12CC(Cn3c(C#N)cc4c(C)c(CN5CCC(Nc6ncnc7sc(CC(F)(F)F)cc67)CC5)ccc43)(C1)C2. The Morgan fingerprint density at radius 1 is 1.16 bits per heavy atom. The Labute approximate surface area is 258 Å². The van der Waals surface area contributed by atoms with Crippen LogP contribution in [0.1, 0.15) is 60.7 Å². The van der Waals surface area contributed by atoms with Gasteiger partial charge in [0.25, 0.3) is 0 Å². The number of hydrogen-bond acceptors (Lipinski definition) is 7. The molecule has 11 heteroatoms. The second-order valence-electron chi connectivity index (χ2n) is 13.4. The summed E-state index contributed by atoms with van der Waals surface area (Å²) in [6.07, 6.45) is 1.44. The average molecular weight is 620 g/mol. The molecule has 0 radical (unpaired) electrons. The molecule has 3 aliphatic carbocycles. The number of thiophene rings is 1. The van der Waals surface area contributed by atoms with Gasteiger partial charge in [0.2, 0.25) is 0 Å². The van der Waals surface area contributed by atoms with Gasteiger partial charge in [0.1, 0.15) is 28.7 Å². The lowest BCUT2D eigenvalue weighted by atomic mass is 9.39. The molecule has 3 aromatic heterocycles. The van der Waals surface area contributed by atoms with E-state index in [1.54, 1.807) is 6.07 Å². The van der Waals surface area contributed by atoms with Crippen LogP contribution in [0.15, 0.2) is 42.9 Å². The molecule has 1 saturated heterocycles. The fourth-order valence-corrected chi connectivity index (χ4v) is 9.04. The molecule has 7 nitrogen and oxygen atoms in total. The molecule has 2 N–H and O–H groups in total. The highest BCUT2D eigenvalue weighted by molar-refractivity contribution is 7.18. The highest BCUT2D eigenvalue weighted by atomic mass is 32.1. The molecule has 4 fully saturated rings. The van der Waals surface area contributed by atoms with Crippen LogP contribution in [0.25, 0.3) is 21.1 Å². The number of benzene rings is 1. The van der Waals surface area contributed by atoms with Crippen LogP contribution >= 0.6 is 11.3 Å². The van der Waals surface area contributed by atoms with Crippen molar-refractivity contribution >= 4 is 38.3 Å². The molecule has 3 saturated carbocycles. The maximum atomic E-state index is 12.9. The van der Waals surface area contributed by atoms with Crippen molar-refractivity contribution in [2.75, 3.05) is 18.4 Å². The van der Waals surface area contributed by atoms with E-state index in [2.05, 4.69) is 67.8 Å². The minimum absolute atomic E-state index is 0.188. The molecule has 44 heavy (non-hydrogen) atoms. The summed E-state index contributed by atoms with van der Waals surface area (Å²) in [7, 11) is 0. The second-order valence-corrected chi connectivity index (χ2v) is 14.5. The summed E-state index contributed by atoms with van der Waals surface area (Å²) in [6.45, 7) is 11.7. The molecule has 0 atom stereocenters. The summed E-state index contributed by atoms with van der Waals surface area (Å²) in [5.74, 6) is 0.610. The van der Waals surface area contributed by atoms with Crippen molar-refractivity contribution in [3.8, 4) is 6.07 Å². The van der Waals surface area contributed by atoms with E-state index in [0.29, 0.717) is 16.0 Å². The van der Waals surface area contributed by atoms with Crippen LogP contribution in [0, 0.1) is 23.7 Å². The maximum absolute atomic E-state index is 12.9. The van der Waals surface area contributed by atoms with E-state index in [-0.39, 0.29) is 21.9 Å². The lowest BCUT2D eigenvalue weighted by Gasteiger charge is -2.71. The van der Waals surface area contributed by atoms with Crippen molar-refractivity contribution in [3.05, 3.63) is 64.6 Å². The number of rotatable bonds is 9. The standard InChI is InChI=1S/C33H36F3N7S/c1-20(2)41-32-15-31(16-32,17-32)18-43-24(13-37)10-26-21(3)22(4-5-28(26)43)14-42-8-6-23(7-9-42)40-29-27-11-25(12-33(34,35)36)44-30(27)39-19-38-29/h4-5,10-11,19,23,41H,1,6-9,12,14-18H2,2-3H3,(H,38,39,40). The van der Waals surface area contributed by atoms with Crippen molar-refractivity contribution in [1.29, 1.82) is 5.26 Å². The summed E-state index contributed by atoms with van der Waals surface area (Å²) < 4.78 is 41.0. The number of halogens is 3. The van der Waals surface area contributed by atoms with E-state index in [0.717, 1.165) is 91.9 Å². The zero-order valence-corrected chi connectivity index (χ0v) is 25.8. The summed E-state index contributed by atoms with van der Waals surface area (Å²) in [5.41, 5.74) is 5.89. The molecular weight excluding hydrogens is 583 g/mol. The predicted molar refractivity (Wildman–Crippen MR) is 167 cm³/mol. The molecule has 0 spiro atoms. The van der Waals surface area contributed by atoms with Crippen molar-refractivity contribution in [1.82, 2.24) is 24.8 Å². The molecule has 0 unspecified atom stereocenters. The van der Waals surface area contributed by atoms with Crippen molar-refractivity contribution < 1.29 is 13.2 Å². The Kier molecular flexibility index (Phi) is 6.94. The smallest absolute Gasteiger partial charge is 0.384 e. The first kappa shape index (κ1) is 29.1. The fourth-order valence-electron chi connectivity index (χ4n) is 8.02. The van der Waals surface area contributed by atoms with E-state index >= 15 is 0 Å². The third kappa shape index (κ3) is 5.32. The zero-order chi connectivity index (χ0) is 30.9. The highest BCUT2D eigenvalue weighted by Gasteiger charge is 2.67. The number of fused-ring (bicyclic) bond motifs is 2. The minimum Gasteiger partial charge on any atom is -0.384 e. The van der Waals surface area contributed by atoms with Gasteiger partial charge in [-0.1, -0.05) is 12.6 Å². The van der Waals surface area contributed by atoms with Crippen LogP contribution < -0.4 is 10.6 Å². The number of alkyl halides is 3. The topological polar surface area (TPSA) is 81.8 Å². The highest BCUT2D eigenvalue weighted by Crippen LogP contribution is 2.68. The molecule has 2 bridgehead atoms. The minimum atomic E-state index is -4.25. The van der Waals surface area contributed by atoms with E-state index in [9.17, 15) is 18.4 Å². The van der Waals surface area contributed by atoms with Gasteiger partial charge in [-0.25, -0.2) is 9.97 Å². The Morgan fingerprint density at radius 3 is 2.59 bits per heavy atom. The van der Waals surface area contributed by atoms with Gasteiger partial charge in [-0.15, -0.1) is 11.3 Å². The van der Waals surface area contributed by atoms with Gasteiger partial charge in [0, 0.05) is 59.2 Å². The van der Waals surface area contributed by atoms with Crippen LogP contribution in [0.4, 0.5) is 19.0 Å². The third-order valence-electron chi connectivity index (χ3n) is 9.77. The average Bonchev–Trinajstić information content (AvgIpc) is 3.49. The largest absolute Gasteiger partial charge is 0.393 e. The summed E-state index contributed by atoms with van der Waals surface area (Å²) in [4.78, 5) is 11.8. The van der Waals surface area contributed by atoms with Gasteiger partial charge < -0.3 is 15.2 Å². The number of piperidine rings is 1. The first-order chi connectivity index (χ1) is 20.9. The summed E-state index contributed by atoms with van der Waals surface area (Å²) >= 11 is 1.07. The first-order valence-electron chi connectivity index (χ1n) is 15.2. The van der Waals surface area contributed by atoms with E-state index in [1.165, 1.54) is 17.5 Å². The van der Waals surface area contributed by atoms with Gasteiger partial charge in [-0.05, 0) is 80.7 Å². The molecule has 4 aliphatic rings. The quantitative estimate of drug-likeness (QED) is 0.209. The molecule has 0 amide bonds. The third-order valence-corrected chi connectivity index (χ3v) is 10.8. The van der Waals surface area contributed by atoms with Crippen LogP contribution in [0.2, 0.25) is 0 Å². The number of aromatic nitrogens is 3. The van der Waals surface area contributed by atoms with Crippen molar-refractivity contribution in [2.45, 2.75) is 83.2 Å². The van der Waals surface area contributed by atoms with Crippen LogP contribution in [0.3, 0.4) is 0 Å². The molecule has 8 rings (SSSR count). The summed E-state index contributed by atoms with van der Waals surface area (Å²) in [6, 6.07) is 10.7. The lowest BCUT2D eigenvalue weighted by molar-refractivity contribution is -0.158. The monoisotopic (exact) mass is 619 g/mol. The van der Waals surface area contributed by atoms with Crippen LogP contribution in [0.5, 0.6) is 0 Å². The lowest BCUT2D eigenvalue weighted by Crippen LogP contribution is -2.74. The Morgan fingerprint density at radius 2 is 1.91 bits per heavy atom. The van der Waals surface area contributed by atoms with Gasteiger partial charge >= 0.3 is 6.18 Å². The number of nitrogens with zero attached hydrogens (tertiary/aromatic N) is 5. The van der Waals surface area contributed by atoms with Crippen LogP contribution in [-0.2, 0) is 19.5 Å². The number of likely N-dealkylation sites (tertiary alicyclic amines) is 1. The number of hydrogen-bond donors (Lipinski definition) is 2. The van der Waals surface area contributed by atoms with Gasteiger partial charge in [0.15, 0.2) is 0 Å². The fraction of sp³-hybridized carbons (Fsp3) is 0.485. The predicted octanol–water partition coefficient (Wildman–Crippen LogP) is 7.05. The van der Waals surface area contributed by atoms with E-state index < -0.39 is 12.6 Å². The molecule has 230 valence electrons. The molecule has 4 heterocycles. The van der Waals surface area contributed by atoms with Crippen LogP contribution in [-0.4, -0.2) is 50.3 Å². The Hall–Kier alpha value is -3.62. The van der Waals surface area contributed by atoms with Gasteiger partial charge in [0.05, 0.1) is 11.8 Å². The Balaban J connectivity index is 0.995. The Bertz CT molecular complexity index is 1790. The van der Waals surface area contributed by atoms with Crippen molar-refractivity contribution in [3.63, 3.8) is 0 Å². The second kappa shape index (κ2) is 10.5. The number of nitriles is 1. The zero-order valence-electron chi connectivity index (χ0n) is 25.0. The normalized spacial score (nSPS) is 23.7.